The van der Waals surface area contributed by atoms with E-state index < -0.39 is 317 Å². The number of nitrogens with one attached hydrogen (secondary N) is 11. The maximum Gasteiger partial charge on any atom is 0.407 e. The first kappa shape index (κ1) is 102. The molecule has 17 N–H and O–H groups in total. The zero-order valence-electron chi connectivity index (χ0n) is 69.2. The van der Waals surface area contributed by atoms with Crippen molar-refractivity contribution in [3.63, 3.8) is 0 Å². The molecule has 6 heterocycles. The number of aliphatic hydroxyl groups excluding tert-OH is 6. The van der Waals surface area contributed by atoms with Crippen molar-refractivity contribution in [2.24, 2.45) is 17.8 Å². The Morgan fingerprint density at radius 1 is 0.447 bits per heavy atom. The van der Waals surface area contributed by atoms with Gasteiger partial charge in [-0.1, -0.05) is 41.5 Å². The molecule has 688 valence electrons. The van der Waals surface area contributed by atoms with Crippen molar-refractivity contribution in [3.8, 4) is 0 Å². The SMILES string of the molecule is CC(C)[C@H](NC(=O)CCOCC(COCCC(=O)N[C@H](C(=O)N[C@@H](C)C(=O)Nc1ccn([C@@H]2O[C@H](CO)[C@@H](O)C2(F)F)c(=O)n1)C(C)C)(COCCC(=O)N[C@H](C(=O)N[C@@H](C)C(=O)Nc1ccn([C@@H]2O[C@H](CO)[C@@H](O)C2(F)F)c(=O)n1)C(C)C)NC(=O)CCCNC(=O)OC(C)(C)C)C(=O)N[C@@H](C)C(=O)Nc1ccn([C@@H]2O[C@H](CO)[C@@H](O)C2(F)F)c(=O)n1. The molecule has 3 aromatic heterocycles. The third-order valence-electron chi connectivity index (χ3n) is 18.9. The Morgan fingerprint density at radius 2 is 0.732 bits per heavy atom. The smallest absolute Gasteiger partial charge is 0.407 e. The van der Waals surface area contributed by atoms with Crippen LogP contribution in [0.4, 0.5) is 48.6 Å². The predicted octanol–water partition coefficient (Wildman–Crippen LogP) is -3.45. The molecule has 123 heavy (non-hydrogen) atoms. The number of hydrogen-bond donors (Lipinski definition) is 17. The van der Waals surface area contributed by atoms with E-state index in [-0.39, 0.29) is 19.4 Å². The third kappa shape index (κ3) is 27.9. The van der Waals surface area contributed by atoms with E-state index in [1.807, 2.05) is 0 Å². The van der Waals surface area contributed by atoms with Crippen molar-refractivity contribution in [3.05, 3.63) is 68.2 Å². The van der Waals surface area contributed by atoms with Gasteiger partial charge in [-0.05, 0) is 83.9 Å². The fourth-order valence-electron chi connectivity index (χ4n) is 12.1. The molecule has 44 nitrogen and oxygen atoms in total. The normalized spacial score (nSPS) is 21.8. The Morgan fingerprint density at radius 3 is 0.976 bits per heavy atom. The van der Waals surface area contributed by atoms with Gasteiger partial charge in [0.15, 0.2) is 18.3 Å². The Kier molecular flexibility index (Phi) is 36.6. The second kappa shape index (κ2) is 44.3. The summed E-state index contributed by atoms with van der Waals surface area (Å²) in [7, 11) is 0. The molecular weight excluding hydrogens is 1660 g/mol. The van der Waals surface area contributed by atoms with Gasteiger partial charge >= 0.3 is 40.9 Å². The Hall–Kier alpha value is -10.3. The zero-order valence-corrected chi connectivity index (χ0v) is 69.2. The van der Waals surface area contributed by atoms with Gasteiger partial charge < -0.3 is 122 Å². The van der Waals surface area contributed by atoms with Crippen LogP contribution in [0.3, 0.4) is 0 Å². The molecule has 0 unspecified atom stereocenters. The number of anilines is 3. The molecule has 15 atom stereocenters. The van der Waals surface area contributed by atoms with Crippen molar-refractivity contribution < 1.29 is 143 Å². The minimum Gasteiger partial charge on any atom is -0.444 e. The van der Waals surface area contributed by atoms with Crippen molar-refractivity contribution in [1.29, 1.82) is 0 Å². The number of aromatic nitrogens is 6. The molecule has 0 aromatic carbocycles. The number of ether oxygens (including phenoxy) is 7. The van der Waals surface area contributed by atoms with Crippen LogP contribution in [0, 0.1) is 17.8 Å². The van der Waals surface area contributed by atoms with E-state index in [0.717, 1.165) is 36.8 Å². The molecule has 3 saturated heterocycles. The first-order valence-electron chi connectivity index (χ1n) is 38.9. The standard InChI is InChI=1S/C73H107F6N17O27/c1-34(2)50(59(110)81-37(7)56(107)84-43-15-22-94(65(113)87-43)62-71(74,75)53(104)40(28-97)120-62)90-46(100)18-25-117-31-70(93-49(103)14-13-21-80-68(116)123-69(10,11)12,32-118-26-19-47(101)91-51(35(3)4)60(111)82-38(8)57(108)85-44-16-23-95(66(114)88-44)63-72(76,77)54(105)41(29-98)121-63)33-119-27-20-48(102)92-52(36(5)6)61(112)83-39(9)58(109)86-45-17-24-96(67(115)89-45)64-73(78,79)55(106)42(30-99)122-64/h15-17,22-24,34-42,50-55,62-64,97-99,104-106H,13-14,18-21,25-33H2,1-12H3,(H,80,116)(H,81,110)(H,82,111)(H,83,112)(H,90,100)(H,91,101)(H,92,102)(H,93,103)(H,84,87,107,113)(H,85,88,108,114)(H,86,89,109,115)/t37-,38-,39-,40+,41+,42+,50-,51-,52-,53+,54+,55+,62+,63+,64+/m0/s1. The summed E-state index contributed by atoms with van der Waals surface area (Å²) in [6, 6.07) is -5.44. The summed E-state index contributed by atoms with van der Waals surface area (Å²) in [5.74, 6) is -24.3. The quantitative estimate of drug-likeness (QED) is 0.0193. The van der Waals surface area contributed by atoms with Crippen LogP contribution in [0.2, 0.25) is 0 Å². The van der Waals surface area contributed by atoms with E-state index in [1.54, 1.807) is 62.3 Å². The molecule has 3 aliphatic heterocycles. The molecule has 0 spiro atoms. The molecule has 0 aliphatic carbocycles. The Balaban J connectivity index is 1.15. The van der Waals surface area contributed by atoms with Crippen LogP contribution in [0.25, 0.3) is 0 Å². The molecule has 3 aliphatic rings. The lowest BCUT2D eigenvalue weighted by Crippen LogP contribution is -2.59. The average molecular weight is 1770 g/mol. The van der Waals surface area contributed by atoms with Crippen LogP contribution in [0.1, 0.15) is 134 Å². The lowest BCUT2D eigenvalue weighted by Gasteiger charge is -2.34. The molecule has 6 rings (SSSR count). The molecule has 50 heteroatoms. The second-order valence-corrected chi connectivity index (χ2v) is 31.3. The number of halogens is 6. The number of amides is 11. The maximum atomic E-state index is 14.8. The number of carbonyl (C=O) groups excluding carboxylic acids is 11. The summed E-state index contributed by atoms with van der Waals surface area (Å²) < 4.78 is 128. The predicted molar refractivity (Wildman–Crippen MR) is 411 cm³/mol. The highest BCUT2D eigenvalue weighted by Crippen LogP contribution is 2.44. The number of carbonyl (C=O) groups is 11. The van der Waals surface area contributed by atoms with Gasteiger partial charge in [0.2, 0.25) is 77.8 Å². The number of nitrogens with zero attached hydrogens (tertiary/aromatic N) is 6. The Bertz CT molecular complexity index is 4000. The topological polar surface area (TPSA) is 611 Å². The lowest BCUT2D eigenvalue weighted by atomic mass is 10.0. The molecule has 0 radical (unpaired) electrons. The monoisotopic (exact) mass is 1770 g/mol. The van der Waals surface area contributed by atoms with Crippen molar-refractivity contribution >= 4 is 82.6 Å². The largest absolute Gasteiger partial charge is 0.444 e. The van der Waals surface area contributed by atoms with Crippen LogP contribution in [-0.2, 0) is 81.1 Å². The van der Waals surface area contributed by atoms with Crippen molar-refractivity contribution in [1.82, 2.24) is 71.2 Å². The van der Waals surface area contributed by atoms with Crippen molar-refractivity contribution in [2.45, 2.75) is 236 Å². The van der Waals surface area contributed by atoms with Gasteiger partial charge in [0, 0.05) is 50.8 Å². The molecule has 3 aromatic rings. The summed E-state index contributed by atoms with van der Waals surface area (Å²) >= 11 is 0. The lowest BCUT2D eigenvalue weighted by molar-refractivity contribution is -0.141. The van der Waals surface area contributed by atoms with Crippen LogP contribution >= 0.6 is 0 Å². The van der Waals surface area contributed by atoms with E-state index in [4.69, 9.17) is 33.2 Å². The van der Waals surface area contributed by atoms with E-state index in [9.17, 15) is 124 Å². The van der Waals surface area contributed by atoms with Gasteiger partial charge in [0.05, 0.1) is 59.5 Å². The third-order valence-corrected chi connectivity index (χ3v) is 18.9. The number of hydrogen-bond acceptors (Lipinski definition) is 30. The van der Waals surface area contributed by atoms with Gasteiger partial charge in [-0.15, -0.1) is 0 Å². The van der Waals surface area contributed by atoms with Crippen molar-refractivity contribution in [2.75, 3.05) is 82.0 Å². The number of aliphatic hydroxyl groups is 6. The second-order valence-electron chi connectivity index (χ2n) is 31.3. The molecular formula is C73H107F6N17O27. The summed E-state index contributed by atoms with van der Waals surface area (Å²) in [5.41, 5.74) is -6.82. The molecule has 0 bridgehead atoms. The highest BCUT2D eigenvalue weighted by atomic mass is 19.3. The first-order valence-corrected chi connectivity index (χ1v) is 38.9. The van der Waals surface area contributed by atoms with Gasteiger partial charge in [-0.3, -0.25) is 61.6 Å². The fraction of sp³-hybridized carbons (Fsp3) is 0.685. The maximum absolute atomic E-state index is 14.8. The highest BCUT2D eigenvalue weighted by molar-refractivity contribution is 5.99. The van der Waals surface area contributed by atoms with E-state index in [1.165, 1.54) is 20.8 Å². The summed E-state index contributed by atoms with van der Waals surface area (Å²) in [6.07, 6.45) is -20.1. The fourth-order valence-corrected chi connectivity index (χ4v) is 12.1. The van der Waals surface area contributed by atoms with E-state index in [0.29, 0.717) is 13.7 Å². The number of alkyl carbamates (subject to hydrolysis) is 1. The minimum absolute atomic E-state index is 0.0134. The summed E-state index contributed by atoms with van der Waals surface area (Å²) in [4.78, 5) is 198. The number of rotatable bonds is 44. The van der Waals surface area contributed by atoms with Gasteiger partial charge in [0.25, 0.3) is 0 Å². The molecule has 0 saturated carbocycles. The zero-order chi connectivity index (χ0) is 92.1. The summed E-state index contributed by atoms with van der Waals surface area (Å²) in [6.45, 7) is 11.4. The van der Waals surface area contributed by atoms with Gasteiger partial charge in [0.1, 0.15) is 83.2 Å². The summed E-state index contributed by atoms with van der Waals surface area (Å²) in [5, 5.41) is 84.9. The highest BCUT2D eigenvalue weighted by Gasteiger charge is 2.62. The Labute approximate surface area is 698 Å². The van der Waals surface area contributed by atoms with Crippen LogP contribution in [-0.4, -0.2) is 292 Å². The average Bonchev–Trinajstić information content (AvgIpc) is 1.63. The van der Waals surface area contributed by atoms with Crippen LogP contribution in [0.15, 0.2) is 51.2 Å². The van der Waals surface area contributed by atoms with Gasteiger partial charge in [-0.2, -0.15) is 41.3 Å². The van der Waals surface area contributed by atoms with Crippen LogP contribution < -0.4 is 75.6 Å². The van der Waals surface area contributed by atoms with E-state index in [2.05, 4.69) is 73.4 Å². The van der Waals surface area contributed by atoms with Gasteiger partial charge in [-0.25, -0.2) is 19.2 Å². The number of alkyl halides is 6. The first-order chi connectivity index (χ1) is 57.4. The van der Waals surface area contributed by atoms with Crippen LogP contribution in [0.5, 0.6) is 0 Å². The molecule has 11 amide bonds. The molecule has 3 fully saturated rings. The van der Waals surface area contributed by atoms with E-state index >= 15 is 0 Å². The minimum atomic E-state index is -4.04.